The van der Waals surface area contributed by atoms with Gasteiger partial charge in [-0.15, -0.1) is 5.10 Å². The Morgan fingerprint density at radius 2 is 1.86 bits per heavy atom. The lowest BCUT2D eigenvalue weighted by Crippen LogP contribution is -2.29. The Morgan fingerprint density at radius 1 is 1.03 bits per heavy atom. The first-order valence-corrected chi connectivity index (χ1v) is 11.6. The van der Waals surface area contributed by atoms with Gasteiger partial charge < -0.3 is 20.1 Å². The van der Waals surface area contributed by atoms with Gasteiger partial charge >= 0.3 is 0 Å². The SMILES string of the molecule is CN(C)c1ccc(C2/C(=N\Cn3nnc4ccccc43)NC(=S)N2c2ccc3nc[nH]c3c2)cc1. The molecule has 0 radical (unpaired) electrons. The Labute approximate surface area is 207 Å². The van der Waals surface area contributed by atoms with Gasteiger partial charge in [-0.1, -0.05) is 29.5 Å². The van der Waals surface area contributed by atoms with Crippen LogP contribution in [0.5, 0.6) is 0 Å². The molecule has 0 spiro atoms. The van der Waals surface area contributed by atoms with E-state index in [0.29, 0.717) is 11.8 Å². The van der Waals surface area contributed by atoms with Crippen molar-refractivity contribution in [2.24, 2.45) is 4.99 Å². The monoisotopic (exact) mass is 481 g/mol. The fourth-order valence-electron chi connectivity index (χ4n) is 4.37. The highest BCUT2D eigenvalue weighted by atomic mass is 32.1. The first-order chi connectivity index (χ1) is 17.1. The molecule has 1 aliphatic rings. The summed E-state index contributed by atoms with van der Waals surface area (Å²) in [5.74, 6) is 0.761. The maximum absolute atomic E-state index is 5.80. The molecule has 1 saturated heterocycles. The first-order valence-electron chi connectivity index (χ1n) is 11.2. The number of hydrogen-bond acceptors (Lipinski definition) is 6. The van der Waals surface area contributed by atoms with Crippen molar-refractivity contribution in [2.75, 3.05) is 23.9 Å². The number of aliphatic imine (C=N–C) groups is 1. The van der Waals surface area contributed by atoms with Crippen LogP contribution in [0.3, 0.4) is 0 Å². The summed E-state index contributed by atoms with van der Waals surface area (Å²) in [5, 5.41) is 12.5. The highest BCUT2D eigenvalue weighted by Crippen LogP contribution is 2.34. The Morgan fingerprint density at radius 3 is 2.69 bits per heavy atom. The predicted molar refractivity (Wildman–Crippen MR) is 143 cm³/mol. The molecule has 0 saturated carbocycles. The second-order valence-electron chi connectivity index (χ2n) is 8.56. The molecule has 2 N–H and O–H groups in total. The van der Waals surface area contributed by atoms with Gasteiger partial charge in [0, 0.05) is 25.5 Å². The summed E-state index contributed by atoms with van der Waals surface area (Å²) in [6.45, 7) is 0.325. The number of aromatic amines is 1. The number of benzene rings is 3. The topological polar surface area (TPSA) is 90.3 Å². The fourth-order valence-corrected chi connectivity index (χ4v) is 4.69. The lowest BCUT2D eigenvalue weighted by Gasteiger charge is -2.25. The Bertz CT molecular complexity index is 1560. The zero-order valence-corrected chi connectivity index (χ0v) is 20.1. The van der Waals surface area contributed by atoms with Crippen molar-refractivity contribution < 1.29 is 0 Å². The number of thiocarbonyl (C=S) groups is 1. The largest absolute Gasteiger partial charge is 0.378 e. The van der Waals surface area contributed by atoms with E-state index in [4.69, 9.17) is 17.2 Å². The van der Waals surface area contributed by atoms with Crippen LogP contribution in [0.2, 0.25) is 0 Å². The number of rotatable bonds is 5. The number of aromatic nitrogens is 5. The van der Waals surface area contributed by atoms with Gasteiger partial charge in [-0.2, -0.15) is 0 Å². The van der Waals surface area contributed by atoms with Crippen LogP contribution in [0.4, 0.5) is 11.4 Å². The van der Waals surface area contributed by atoms with Crippen LogP contribution in [0.1, 0.15) is 11.6 Å². The molecule has 3 aromatic carbocycles. The Hall–Kier alpha value is -4.31. The maximum Gasteiger partial charge on any atom is 0.179 e. The molecule has 10 heteroatoms. The molecule has 1 fully saturated rings. The standard InChI is InChI=1S/C25H23N9S/c1-32(2)17-9-7-16(8-10-17)23-24(28-15-33-22-6-4-3-5-20(22)30-31-33)29-25(35)34(23)18-11-12-19-21(13-18)27-14-26-19/h3-14,23H,15H2,1-2H3,(H,26,27)(H,28,29,35). The molecular weight excluding hydrogens is 458 g/mol. The van der Waals surface area contributed by atoms with E-state index in [1.807, 2.05) is 50.5 Å². The third kappa shape index (κ3) is 3.77. The van der Waals surface area contributed by atoms with E-state index in [2.05, 4.69) is 65.7 Å². The number of nitrogens with one attached hydrogen (secondary N) is 2. The van der Waals surface area contributed by atoms with Gasteiger partial charge in [0.25, 0.3) is 0 Å². The molecular formula is C25H23N9S. The van der Waals surface area contributed by atoms with Crippen molar-refractivity contribution in [3.63, 3.8) is 0 Å². The van der Waals surface area contributed by atoms with Crippen molar-refractivity contribution in [3.05, 3.63) is 78.6 Å². The third-order valence-corrected chi connectivity index (χ3v) is 6.47. The summed E-state index contributed by atoms with van der Waals surface area (Å²) < 4.78 is 1.79. The number of anilines is 2. The number of nitrogens with zero attached hydrogens (tertiary/aromatic N) is 7. The number of amidine groups is 1. The van der Waals surface area contributed by atoms with Crippen LogP contribution < -0.4 is 15.1 Å². The molecule has 1 atom stereocenters. The summed E-state index contributed by atoms with van der Waals surface area (Å²) in [6.07, 6.45) is 1.70. The van der Waals surface area contributed by atoms with E-state index in [-0.39, 0.29) is 6.04 Å². The maximum atomic E-state index is 5.80. The average Bonchev–Trinajstić information content (AvgIpc) is 3.59. The number of fused-ring (bicyclic) bond motifs is 2. The minimum Gasteiger partial charge on any atom is -0.378 e. The number of hydrogen-bond donors (Lipinski definition) is 2. The Kier molecular flexibility index (Phi) is 5.14. The minimum absolute atomic E-state index is 0.214. The minimum atomic E-state index is -0.214. The summed E-state index contributed by atoms with van der Waals surface area (Å²) in [7, 11) is 4.06. The molecule has 9 nitrogen and oxygen atoms in total. The van der Waals surface area contributed by atoms with E-state index >= 15 is 0 Å². The lowest BCUT2D eigenvalue weighted by molar-refractivity contribution is 0.626. The van der Waals surface area contributed by atoms with Gasteiger partial charge in [0.2, 0.25) is 0 Å². The van der Waals surface area contributed by atoms with Crippen molar-refractivity contribution in [3.8, 4) is 0 Å². The van der Waals surface area contributed by atoms with Crippen LogP contribution in [-0.4, -0.2) is 50.0 Å². The summed E-state index contributed by atoms with van der Waals surface area (Å²) in [4.78, 5) is 16.6. The lowest BCUT2D eigenvalue weighted by atomic mass is 10.0. The molecule has 3 heterocycles. The quantitative estimate of drug-likeness (QED) is 0.368. The second kappa shape index (κ2) is 8.48. The van der Waals surface area contributed by atoms with Crippen LogP contribution in [0.25, 0.3) is 22.1 Å². The number of imidazole rings is 1. The number of H-pyrrole nitrogens is 1. The zero-order valence-electron chi connectivity index (χ0n) is 19.3. The molecule has 2 aromatic heterocycles. The van der Waals surface area contributed by atoms with Crippen LogP contribution >= 0.6 is 12.2 Å². The second-order valence-corrected chi connectivity index (χ2v) is 8.94. The van der Waals surface area contributed by atoms with E-state index < -0.39 is 0 Å². The average molecular weight is 482 g/mol. The molecule has 6 rings (SSSR count). The smallest absolute Gasteiger partial charge is 0.179 e. The molecule has 174 valence electrons. The van der Waals surface area contributed by atoms with Crippen LogP contribution in [-0.2, 0) is 6.67 Å². The molecule has 0 bridgehead atoms. The van der Waals surface area contributed by atoms with Crippen molar-refractivity contribution in [1.82, 2.24) is 30.3 Å². The molecule has 0 amide bonds. The van der Waals surface area contributed by atoms with Crippen molar-refractivity contribution in [1.29, 1.82) is 0 Å². The van der Waals surface area contributed by atoms with Gasteiger partial charge in [0.1, 0.15) is 24.1 Å². The van der Waals surface area contributed by atoms with Gasteiger partial charge in [-0.25, -0.2) is 14.7 Å². The number of para-hydroxylation sites is 1. The van der Waals surface area contributed by atoms with Gasteiger partial charge in [0.15, 0.2) is 5.11 Å². The van der Waals surface area contributed by atoms with E-state index in [9.17, 15) is 0 Å². The summed E-state index contributed by atoms with van der Waals surface area (Å²) >= 11 is 5.80. The Balaban J connectivity index is 1.42. The van der Waals surface area contributed by atoms with E-state index in [1.54, 1.807) is 11.0 Å². The van der Waals surface area contributed by atoms with Crippen molar-refractivity contribution >= 4 is 56.6 Å². The molecule has 1 unspecified atom stereocenters. The predicted octanol–water partition coefficient (Wildman–Crippen LogP) is 3.87. The van der Waals surface area contributed by atoms with E-state index in [1.165, 1.54) is 0 Å². The normalized spacial score (nSPS) is 17.0. The molecule has 1 aliphatic heterocycles. The van der Waals surface area contributed by atoms with Gasteiger partial charge in [-0.3, -0.25) is 0 Å². The van der Waals surface area contributed by atoms with Gasteiger partial charge in [-0.05, 0) is 60.2 Å². The highest BCUT2D eigenvalue weighted by molar-refractivity contribution is 7.80. The van der Waals surface area contributed by atoms with E-state index in [0.717, 1.165) is 44.8 Å². The van der Waals surface area contributed by atoms with Crippen LogP contribution in [0, 0.1) is 0 Å². The molecule has 35 heavy (non-hydrogen) atoms. The third-order valence-electron chi connectivity index (χ3n) is 6.17. The zero-order chi connectivity index (χ0) is 23.9. The molecule has 5 aromatic rings. The highest BCUT2D eigenvalue weighted by Gasteiger charge is 2.36. The first kappa shape index (κ1) is 21.2. The van der Waals surface area contributed by atoms with Crippen molar-refractivity contribution in [2.45, 2.75) is 12.7 Å². The molecule has 0 aliphatic carbocycles. The van der Waals surface area contributed by atoms with Gasteiger partial charge in [0.05, 0.1) is 22.9 Å². The summed E-state index contributed by atoms with van der Waals surface area (Å²) in [6, 6.07) is 22.2. The van der Waals surface area contributed by atoms with Crippen LogP contribution in [0.15, 0.2) is 78.0 Å². The fraction of sp³-hybridized carbons (Fsp3) is 0.160. The summed E-state index contributed by atoms with van der Waals surface area (Å²) in [5.41, 5.74) is 6.79.